The number of carbonyl (C=O) groups is 1. The van der Waals surface area contributed by atoms with Gasteiger partial charge >= 0.3 is 5.97 Å². The molecule has 20 heavy (non-hydrogen) atoms. The van der Waals surface area contributed by atoms with Crippen LogP contribution in [0, 0.1) is 17.8 Å². The Morgan fingerprint density at radius 2 is 1.90 bits per heavy atom. The van der Waals surface area contributed by atoms with Crippen LogP contribution < -0.4 is 11.5 Å². The second kappa shape index (κ2) is 5.22. The summed E-state index contributed by atoms with van der Waals surface area (Å²) in [5.41, 5.74) is 10.9. The van der Waals surface area contributed by atoms with Crippen molar-refractivity contribution in [2.75, 3.05) is 11.5 Å². The number of fused-ring (bicyclic) bond motifs is 2. The third kappa shape index (κ3) is 2.81. The van der Waals surface area contributed by atoms with Gasteiger partial charge in [0.25, 0.3) is 0 Å². The Labute approximate surface area is 117 Å². The minimum absolute atomic E-state index is 0.00340. The van der Waals surface area contributed by atoms with Crippen LogP contribution in [0.15, 0.2) is 0 Å². The van der Waals surface area contributed by atoms with Gasteiger partial charge in [0.05, 0.1) is 0 Å². The Hall–Kier alpha value is -1.92. The molecule has 0 radical (unpaired) electrons. The van der Waals surface area contributed by atoms with E-state index in [2.05, 4.69) is 15.0 Å². The highest BCUT2D eigenvalue weighted by Gasteiger charge is 2.40. The molecule has 4 N–H and O–H groups in total. The van der Waals surface area contributed by atoms with E-state index in [0.717, 1.165) is 11.8 Å². The fourth-order valence-electron chi connectivity index (χ4n) is 3.57. The van der Waals surface area contributed by atoms with Crippen molar-refractivity contribution >= 4 is 17.9 Å². The van der Waals surface area contributed by atoms with Crippen molar-refractivity contribution in [3.8, 4) is 0 Å². The fourth-order valence-corrected chi connectivity index (χ4v) is 3.57. The predicted octanol–water partition coefficient (Wildman–Crippen LogP) is 0.905. The maximum absolute atomic E-state index is 11.9. The number of aromatic nitrogens is 3. The Kier molecular flexibility index (Phi) is 3.42. The molecule has 1 aromatic heterocycles. The van der Waals surface area contributed by atoms with E-state index in [1.165, 1.54) is 25.7 Å². The standard InChI is InChI=1S/C13H19N5O2/c14-12-16-10(17-13(15)18-12)6-20-11(19)5-9-4-7-1-2-8(9)3-7/h7-9H,1-6H2,(H4,14,15,16,17,18)/t7-,8-,9-/m1/s1. The van der Waals surface area contributed by atoms with Gasteiger partial charge in [-0.3, -0.25) is 4.79 Å². The number of esters is 1. The van der Waals surface area contributed by atoms with E-state index >= 15 is 0 Å². The first kappa shape index (κ1) is 13.1. The predicted molar refractivity (Wildman–Crippen MR) is 72.0 cm³/mol. The molecule has 108 valence electrons. The van der Waals surface area contributed by atoms with Crippen LogP contribution in [0.4, 0.5) is 11.9 Å². The van der Waals surface area contributed by atoms with Crippen LogP contribution in [0.1, 0.15) is 37.9 Å². The van der Waals surface area contributed by atoms with Crippen molar-refractivity contribution in [3.05, 3.63) is 5.82 Å². The summed E-state index contributed by atoms with van der Waals surface area (Å²) in [5, 5.41) is 0. The molecular formula is C13H19N5O2. The van der Waals surface area contributed by atoms with Crippen LogP contribution in [-0.4, -0.2) is 20.9 Å². The third-order valence-corrected chi connectivity index (χ3v) is 4.39. The van der Waals surface area contributed by atoms with E-state index in [0.29, 0.717) is 12.3 Å². The highest BCUT2D eigenvalue weighted by Crippen LogP contribution is 2.49. The quantitative estimate of drug-likeness (QED) is 0.785. The lowest BCUT2D eigenvalue weighted by Crippen LogP contribution is -2.17. The van der Waals surface area contributed by atoms with Gasteiger partial charge in [-0.05, 0) is 37.0 Å². The lowest BCUT2D eigenvalue weighted by molar-refractivity contribution is -0.146. The number of hydrogen-bond donors (Lipinski definition) is 2. The van der Waals surface area contributed by atoms with Gasteiger partial charge in [-0.1, -0.05) is 6.42 Å². The summed E-state index contributed by atoms with van der Waals surface area (Å²) in [7, 11) is 0. The molecule has 2 saturated carbocycles. The first-order valence-corrected chi connectivity index (χ1v) is 7.01. The zero-order valence-electron chi connectivity index (χ0n) is 11.3. The van der Waals surface area contributed by atoms with Crippen molar-refractivity contribution in [1.82, 2.24) is 15.0 Å². The van der Waals surface area contributed by atoms with E-state index in [-0.39, 0.29) is 30.3 Å². The molecule has 0 aromatic carbocycles. The zero-order chi connectivity index (χ0) is 14.1. The lowest BCUT2D eigenvalue weighted by Gasteiger charge is -2.20. The highest BCUT2D eigenvalue weighted by molar-refractivity contribution is 5.69. The zero-order valence-corrected chi connectivity index (χ0v) is 11.3. The van der Waals surface area contributed by atoms with Crippen LogP contribution in [0.25, 0.3) is 0 Å². The van der Waals surface area contributed by atoms with Crippen molar-refractivity contribution in [2.24, 2.45) is 17.8 Å². The molecule has 3 rings (SSSR count). The number of rotatable bonds is 4. The molecule has 2 aliphatic rings. The fraction of sp³-hybridized carbons (Fsp3) is 0.692. The normalized spacial score (nSPS) is 27.7. The summed E-state index contributed by atoms with van der Waals surface area (Å²) in [5.74, 6) is 2.22. The topological polar surface area (TPSA) is 117 Å². The first-order chi connectivity index (χ1) is 9.60. The largest absolute Gasteiger partial charge is 0.457 e. The number of carbonyl (C=O) groups excluding carboxylic acids is 1. The van der Waals surface area contributed by atoms with E-state index in [9.17, 15) is 4.79 Å². The molecule has 2 bridgehead atoms. The average Bonchev–Trinajstić information content (AvgIpc) is 2.97. The average molecular weight is 277 g/mol. The van der Waals surface area contributed by atoms with Gasteiger partial charge < -0.3 is 16.2 Å². The number of nitrogens with zero attached hydrogens (tertiary/aromatic N) is 3. The summed E-state index contributed by atoms with van der Waals surface area (Å²) in [6.07, 6.45) is 5.56. The van der Waals surface area contributed by atoms with Crippen LogP contribution >= 0.6 is 0 Å². The number of anilines is 2. The van der Waals surface area contributed by atoms with Crippen LogP contribution in [0.5, 0.6) is 0 Å². The SMILES string of the molecule is Nc1nc(N)nc(COC(=O)C[C@H]2C[C@@H]3CC[C@@H]2C3)n1. The Morgan fingerprint density at radius 3 is 2.50 bits per heavy atom. The van der Waals surface area contributed by atoms with Crippen molar-refractivity contribution in [2.45, 2.75) is 38.7 Å². The molecule has 1 heterocycles. The minimum atomic E-state index is -0.194. The van der Waals surface area contributed by atoms with Gasteiger partial charge in [0, 0.05) is 6.42 Å². The molecule has 2 fully saturated rings. The molecule has 3 atom stereocenters. The molecule has 0 amide bonds. The van der Waals surface area contributed by atoms with Crippen molar-refractivity contribution in [1.29, 1.82) is 0 Å². The molecular weight excluding hydrogens is 258 g/mol. The second-order valence-electron chi connectivity index (χ2n) is 5.77. The Balaban J connectivity index is 1.49. The molecule has 7 nitrogen and oxygen atoms in total. The smallest absolute Gasteiger partial charge is 0.306 e. The summed E-state index contributed by atoms with van der Waals surface area (Å²) in [4.78, 5) is 23.3. The molecule has 0 aliphatic heterocycles. The monoisotopic (exact) mass is 277 g/mol. The van der Waals surface area contributed by atoms with Gasteiger partial charge in [-0.15, -0.1) is 0 Å². The summed E-state index contributed by atoms with van der Waals surface area (Å²) in [6, 6.07) is 0. The van der Waals surface area contributed by atoms with Crippen LogP contribution in [0.2, 0.25) is 0 Å². The number of ether oxygens (including phenoxy) is 1. The van der Waals surface area contributed by atoms with E-state index in [1.807, 2.05) is 0 Å². The molecule has 0 saturated heterocycles. The van der Waals surface area contributed by atoms with Crippen molar-refractivity contribution < 1.29 is 9.53 Å². The van der Waals surface area contributed by atoms with Crippen LogP contribution in [0.3, 0.4) is 0 Å². The molecule has 0 spiro atoms. The van der Waals surface area contributed by atoms with Crippen LogP contribution in [-0.2, 0) is 16.1 Å². The molecule has 7 heteroatoms. The van der Waals surface area contributed by atoms with Gasteiger partial charge in [-0.25, -0.2) is 0 Å². The number of nitrogen functional groups attached to an aromatic ring is 2. The van der Waals surface area contributed by atoms with Gasteiger partial charge in [0.15, 0.2) is 12.4 Å². The van der Waals surface area contributed by atoms with E-state index < -0.39 is 0 Å². The maximum Gasteiger partial charge on any atom is 0.306 e. The first-order valence-electron chi connectivity index (χ1n) is 7.01. The Morgan fingerprint density at radius 1 is 1.15 bits per heavy atom. The Bertz CT molecular complexity index is 501. The number of nitrogens with two attached hydrogens (primary N) is 2. The summed E-state index contributed by atoms with van der Waals surface area (Å²) < 4.78 is 5.20. The maximum atomic E-state index is 11.9. The summed E-state index contributed by atoms with van der Waals surface area (Å²) >= 11 is 0. The number of hydrogen-bond acceptors (Lipinski definition) is 7. The molecule has 0 unspecified atom stereocenters. The van der Waals surface area contributed by atoms with E-state index in [4.69, 9.17) is 16.2 Å². The minimum Gasteiger partial charge on any atom is -0.457 e. The van der Waals surface area contributed by atoms with Gasteiger partial charge in [0.1, 0.15) is 0 Å². The highest BCUT2D eigenvalue weighted by atomic mass is 16.5. The molecule has 1 aromatic rings. The lowest BCUT2D eigenvalue weighted by atomic mass is 9.86. The third-order valence-electron chi connectivity index (χ3n) is 4.39. The summed E-state index contributed by atoms with van der Waals surface area (Å²) in [6.45, 7) is -0.00340. The van der Waals surface area contributed by atoms with Gasteiger partial charge in [-0.2, -0.15) is 15.0 Å². The van der Waals surface area contributed by atoms with E-state index in [1.54, 1.807) is 0 Å². The van der Waals surface area contributed by atoms with Crippen molar-refractivity contribution in [3.63, 3.8) is 0 Å². The van der Waals surface area contributed by atoms with Gasteiger partial charge in [0.2, 0.25) is 11.9 Å². The molecule has 2 aliphatic carbocycles. The second-order valence-corrected chi connectivity index (χ2v) is 5.77.